The Bertz CT molecular complexity index is 3410. The number of fused-ring (bicyclic) bond motifs is 11. The minimum atomic E-state index is 0.574. The van der Waals surface area contributed by atoms with Crippen molar-refractivity contribution in [1.29, 1.82) is 0 Å². The summed E-state index contributed by atoms with van der Waals surface area (Å²) in [5.41, 5.74) is 8.15. The summed E-state index contributed by atoms with van der Waals surface area (Å²) < 4.78 is 12.6. The Balaban J connectivity index is 1.02. The third-order valence-electron chi connectivity index (χ3n) is 11.1. The molecule has 0 N–H and O–H groups in total. The number of hydrogen-bond acceptors (Lipinski definition) is 5. The minimum Gasteiger partial charge on any atom is -0.456 e. The van der Waals surface area contributed by atoms with Crippen molar-refractivity contribution in [3.05, 3.63) is 176 Å². The lowest BCUT2D eigenvalue weighted by atomic mass is 9.94. The fourth-order valence-electron chi connectivity index (χ4n) is 8.49. The van der Waals surface area contributed by atoms with Gasteiger partial charge in [-0.1, -0.05) is 146 Å². The molecule has 5 heteroatoms. The van der Waals surface area contributed by atoms with Crippen LogP contribution in [-0.2, 0) is 0 Å². The first-order chi connectivity index (χ1) is 27.7. The van der Waals surface area contributed by atoms with E-state index >= 15 is 0 Å². The SMILES string of the molecule is c1ccc2c(c1)ccc1ccc3cc(-c4ccc(-c5nc(-c6cccc7oc8ccccc8c67)nc(-c6cccc7oc8ccccc8c67)n5)cc4)ccc3c12. The first-order valence-electron chi connectivity index (χ1n) is 18.8. The molecule has 0 radical (unpaired) electrons. The summed E-state index contributed by atoms with van der Waals surface area (Å²) in [6.07, 6.45) is 0. The van der Waals surface area contributed by atoms with Crippen LogP contribution >= 0.6 is 0 Å². The third-order valence-corrected chi connectivity index (χ3v) is 11.1. The van der Waals surface area contributed by atoms with Gasteiger partial charge in [0.05, 0.1) is 0 Å². The van der Waals surface area contributed by atoms with Crippen molar-refractivity contribution in [2.24, 2.45) is 0 Å². The molecule has 0 unspecified atom stereocenters. The first-order valence-corrected chi connectivity index (χ1v) is 18.8. The highest BCUT2D eigenvalue weighted by Crippen LogP contribution is 2.40. The fourth-order valence-corrected chi connectivity index (χ4v) is 8.49. The van der Waals surface area contributed by atoms with Gasteiger partial charge in [-0.05, 0) is 73.8 Å². The topological polar surface area (TPSA) is 65.0 Å². The summed E-state index contributed by atoms with van der Waals surface area (Å²) in [6, 6.07) is 61.1. The normalized spacial score (nSPS) is 11.9. The highest BCUT2D eigenvalue weighted by Gasteiger charge is 2.20. The summed E-state index contributed by atoms with van der Waals surface area (Å²) >= 11 is 0. The van der Waals surface area contributed by atoms with Gasteiger partial charge < -0.3 is 8.83 Å². The van der Waals surface area contributed by atoms with Crippen LogP contribution in [-0.4, -0.2) is 15.0 Å². The Morgan fingerprint density at radius 2 is 0.768 bits per heavy atom. The van der Waals surface area contributed by atoms with Crippen LogP contribution in [0.3, 0.4) is 0 Å². The molecule has 0 atom stereocenters. The number of aromatic nitrogens is 3. The highest BCUT2D eigenvalue weighted by molar-refractivity contribution is 6.20. The predicted octanol–water partition coefficient (Wildman–Crippen LogP) is 13.8. The van der Waals surface area contributed by atoms with E-state index in [1.54, 1.807) is 0 Å². The van der Waals surface area contributed by atoms with E-state index in [9.17, 15) is 0 Å². The van der Waals surface area contributed by atoms with Crippen LogP contribution in [0.2, 0.25) is 0 Å². The third kappa shape index (κ3) is 4.71. The number of benzene rings is 9. The maximum atomic E-state index is 6.28. The molecule has 0 amide bonds. The van der Waals surface area contributed by atoms with E-state index in [0.717, 1.165) is 71.7 Å². The van der Waals surface area contributed by atoms with Crippen molar-refractivity contribution < 1.29 is 8.83 Å². The Morgan fingerprint density at radius 3 is 1.43 bits per heavy atom. The summed E-state index contributed by atoms with van der Waals surface area (Å²) in [5.74, 6) is 1.73. The van der Waals surface area contributed by atoms with Crippen molar-refractivity contribution in [2.75, 3.05) is 0 Å². The van der Waals surface area contributed by atoms with Gasteiger partial charge in [0.25, 0.3) is 0 Å². The Labute approximate surface area is 320 Å². The van der Waals surface area contributed by atoms with E-state index in [-0.39, 0.29) is 0 Å². The molecular formula is C51H29N3O2. The number of nitrogens with zero attached hydrogens (tertiary/aromatic N) is 3. The molecule has 3 aromatic heterocycles. The van der Waals surface area contributed by atoms with E-state index in [1.165, 1.54) is 32.3 Å². The molecule has 12 rings (SSSR count). The highest BCUT2D eigenvalue weighted by atomic mass is 16.3. The second-order valence-corrected chi connectivity index (χ2v) is 14.3. The van der Waals surface area contributed by atoms with Gasteiger partial charge in [0.2, 0.25) is 0 Å². The Hall–Kier alpha value is -7.63. The number of para-hydroxylation sites is 2. The van der Waals surface area contributed by atoms with E-state index in [2.05, 4.69) is 115 Å². The zero-order chi connectivity index (χ0) is 36.7. The van der Waals surface area contributed by atoms with E-state index < -0.39 is 0 Å². The lowest BCUT2D eigenvalue weighted by Crippen LogP contribution is -2.00. The van der Waals surface area contributed by atoms with Crippen LogP contribution in [0, 0.1) is 0 Å². The summed E-state index contributed by atoms with van der Waals surface area (Å²) in [5, 5.41) is 11.5. The molecule has 0 saturated carbocycles. The molecule has 0 aliphatic carbocycles. The monoisotopic (exact) mass is 715 g/mol. The van der Waals surface area contributed by atoms with Crippen LogP contribution in [0.4, 0.5) is 0 Å². The number of rotatable bonds is 4. The Kier molecular flexibility index (Phi) is 6.56. The summed E-state index contributed by atoms with van der Waals surface area (Å²) in [7, 11) is 0. The first kappa shape index (κ1) is 30.8. The molecular weight excluding hydrogens is 687 g/mol. The van der Waals surface area contributed by atoms with E-state index in [1.807, 2.05) is 60.7 Å². The van der Waals surface area contributed by atoms with Crippen molar-refractivity contribution in [2.45, 2.75) is 0 Å². The molecule has 5 nitrogen and oxygen atoms in total. The average molecular weight is 716 g/mol. The van der Waals surface area contributed by atoms with Gasteiger partial charge in [0.1, 0.15) is 22.3 Å². The fraction of sp³-hybridized carbons (Fsp3) is 0. The maximum Gasteiger partial charge on any atom is 0.164 e. The van der Waals surface area contributed by atoms with Crippen LogP contribution in [0.5, 0.6) is 0 Å². The molecule has 0 spiro atoms. The number of furan rings is 2. The maximum absolute atomic E-state index is 6.28. The van der Waals surface area contributed by atoms with E-state index in [4.69, 9.17) is 23.8 Å². The predicted molar refractivity (Wildman–Crippen MR) is 229 cm³/mol. The second-order valence-electron chi connectivity index (χ2n) is 14.3. The molecule has 0 fully saturated rings. The van der Waals surface area contributed by atoms with Crippen LogP contribution in [0.1, 0.15) is 0 Å². The van der Waals surface area contributed by atoms with Crippen LogP contribution in [0.25, 0.3) is 121 Å². The van der Waals surface area contributed by atoms with Crippen molar-refractivity contribution >= 4 is 76.2 Å². The van der Waals surface area contributed by atoms with Crippen molar-refractivity contribution in [3.8, 4) is 45.3 Å². The van der Waals surface area contributed by atoms with Crippen molar-refractivity contribution in [1.82, 2.24) is 15.0 Å². The molecule has 56 heavy (non-hydrogen) atoms. The minimum absolute atomic E-state index is 0.574. The lowest BCUT2D eigenvalue weighted by molar-refractivity contribution is 0.668. The van der Waals surface area contributed by atoms with Gasteiger partial charge in [-0.2, -0.15) is 0 Å². The molecule has 12 aromatic rings. The van der Waals surface area contributed by atoms with Gasteiger partial charge in [-0.3, -0.25) is 0 Å². The smallest absolute Gasteiger partial charge is 0.164 e. The van der Waals surface area contributed by atoms with Gasteiger partial charge in [-0.25, -0.2) is 15.0 Å². The van der Waals surface area contributed by atoms with Gasteiger partial charge in [-0.15, -0.1) is 0 Å². The van der Waals surface area contributed by atoms with Crippen LogP contribution < -0.4 is 0 Å². The molecule has 0 aliphatic heterocycles. The molecule has 0 saturated heterocycles. The van der Waals surface area contributed by atoms with Crippen molar-refractivity contribution in [3.63, 3.8) is 0 Å². The van der Waals surface area contributed by atoms with Gasteiger partial charge >= 0.3 is 0 Å². The molecule has 0 aliphatic rings. The Morgan fingerprint density at radius 1 is 0.286 bits per heavy atom. The molecule has 0 bridgehead atoms. The lowest BCUT2D eigenvalue weighted by Gasteiger charge is -2.11. The molecule has 9 aromatic carbocycles. The van der Waals surface area contributed by atoms with Gasteiger partial charge in [0, 0.05) is 38.2 Å². The largest absolute Gasteiger partial charge is 0.456 e. The number of hydrogen-bond donors (Lipinski definition) is 0. The zero-order valence-electron chi connectivity index (χ0n) is 29.9. The summed E-state index contributed by atoms with van der Waals surface area (Å²) in [6.45, 7) is 0. The molecule has 3 heterocycles. The quantitative estimate of drug-likeness (QED) is 0.170. The van der Waals surface area contributed by atoms with Crippen LogP contribution in [0.15, 0.2) is 185 Å². The standard InChI is InChI=1S/C51H29N3O2/c1-2-10-36-31(9-1)21-22-32-23-26-35-29-34(27-28-37(35)46(32)36)30-19-24-33(25-20-30)49-52-50(40-13-7-17-44-47(40)38-11-3-5-15-42(38)55-44)54-51(53-49)41-14-8-18-45-48(41)39-12-4-6-16-43(39)56-45/h1-29H. The van der Waals surface area contributed by atoms with E-state index in [0.29, 0.717) is 17.5 Å². The average Bonchev–Trinajstić information content (AvgIpc) is 3.85. The van der Waals surface area contributed by atoms with Gasteiger partial charge in [0.15, 0.2) is 17.5 Å². The second kappa shape index (κ2) is 11.9. The summed E-state index contributed by atoms with van der Waals surface area (Å²) in [4.78, 5) is 15.6. The molecule has 260 valence electrons. The zero-order valence-corrected chi connectivity index (χ0v) is 29.9.